The van der Waals surface area contributed by atoms with Gasteiger partial charge in [-0.15, -0.1) is 0 Å². The molecule has 15 nitrogen and oxygen atoms in total. The van der Waals surface area contributed by atoms with Crippen molar-refractivity contribution in [2.45, 2.75) is 144 Å². The number of carbonyl (C=O) groups excluding carboxylic acids is 4. The quantitative estimate of drug-likeness (QED) is 0.250. The number of methoxy groups -OCH3 is 1. The number of hydrogen-bond acceptors (Lipinski definition) is 11. The van der Waals surface area contributed by atoms with Crippen molar-refractivity contribution in [3.05, 3.63) is 41.6 Å². The van der Waals surface area contributed by atoms with Crippen molar-refractivity contribution in [1.82, 2.24) is 30.1 Å². The van der Waals surface area contributed by atoms with E-state index < -0.39 is 110 Å². The maximum atomic E-state index is 15.1. The lowest BCUT2D eigenvalue weighted by Crippen LogP contribution is -2.58. The second kappa shape index (κ2) is 15.8. The van der Waals surface area contributed by atoms with E-state index in [-0.39, 0.29) is 49.9 Å². The molecule has 344 valence electrons. The number of ether oxygens (including phenoxy) is 3. The average Bonchev–Trinajstić information content (AvgIpc) is 4.08. The Morgan fingerprint density at radius 2 is 1.75 bits per heavy atom. The Balaban J connectivity index is 1.22. The van der Waals surface area contributed by atoms with Gasteiger partial charge in [-0.3, -0.25) is 24.0 Å². The molecule has 6 atom stereocenters. The van der Waals surface area contributed by atoms with Crippen molar-refractivity contribution in [2.75, 3.05) is 26.7 Å². The number of nitrogens with zero attached hydrogens (tertiary/aromatic N) is 3. The number of fused-ring (bicyclic) bond motifs is 5. The first-order valence-corrected chi connectivity index (χ1v) is 23.0. The minimum atomic E-state index is -5.04. The van der Waals surface area contributed by atoms with Crippen LogP contribution in [0, 0.1) is 5.92 Å². The molecule has 1 aromatic carbocycles. The topological polar surface area (TPSA) is 186 Å². The fourth-order valence-electron chi connectivity index (χ4n) is 9.39. The molecule has 5 heterocycles. The molecule has 1 spiro atoms. The number of halogens is 4. The summed E-state index contributed by atoms with van der Waals surface area (Å²) < 4.78 is 105. The zero-order valence-corrected chi connectivity index (χ0v) is 36.7. The van der Waals surface area contributed by atoms with Gasteiger partial charge in [0.05, 0.1) is 23.9 Å². The van der Waals surface area contributed by atoms with Crippen LogP contribution in [-0.4, -0.2) is 114 Å². The third kappa shape index (κ3) is 8.65. The molecule has 3 N–H and O–H groups in total. The van der Waals surface area contributed by atoms with Crippen LogP contribution >= 0.6 is 0 Å². The molecule has 6 aliphatic rings. The first kappa shape index (κ1) is 44.9. The fourth-order valence-corrected chi connectivity index (χ4v) is 10.7. The first-order valence-electron chi connectivity index (χ1n) is 21.5. The number of allylic oxidation sites excluding steroid dienone is 1. The predicted molar refractivity (Wildman–Crippen MR) is 220 cm³/mol. The number of likely N-dealkylation sites (tertiary alicyclic amines) is 1. The number of rotatable bonds is 6. The Morgan fingerprint density at radius 3 is 2.40 bits per heavy atom. The van der Waals surface area contributed by atoms with Gasteiger partial charge in [0.15, 0.2) is 11.4 Å². The molecular formula is C43H54F4N6O9S. The second-order valence-electron chi connectivity index (χ2n) is 19.2. The van der Waals surface area contributed by atoms with Crippen molar-refractivity contribution in [3.8, 4) is 11.5 Å². The largest absolute Gasteiger partial charge is 0.497 e. The molecular weight excluding hydrogens is 853 g/mol. The smallest absolute Gasteiger partial charge is 0.437 e. The van der Waals surface area contributed by atoms with Gasteiger partial charge in [-0.05, 0) is 84.4 Å². The highest BCUT2D eigenvalue weighted by molar-refractivity contribution is 7.91. The zero-order valence-electron chi connectivity index (χ0n) is 35.9. The fraction of sp³-hybridized carbons (Fsp3) is 0.651. The number of sulfonamides is 1. The van der Waals surface area contributed by atoms with Gasteiger partial charge in [0, 0.05) is 48.8 Å². The molecule has 2 saturated heterocycles. The lowest BCUT2D eigenvalue weighted by atomic mass is 9.81. The highest BCUT2D eigenvalue weighted by atomic mass is 32.2. The second-order valence-corrected chi connectivity index (χ2v) is 21.4. The van der Waals surface area contributed by atoms with Crippen LogP contribution in [0.25, 0.3) is 10.9 Å². The summed E-state index contributed by atoms with van der Waals surface area (Å²) in [5.41, 5.74) is -5.60. The minimum Gasteiger partial charge on any atom is -0.497 e. The molecule has 4 amide bonds. The Bertz CT molecular complexity index is 2350. The molecule has 8 rings (SSSR count). The molecule has 20 heteroatoms. The van der Waals surface area contributed by atoms with Crippen LogP contribution in [-0.2, 0) is 35.3 Å². The van der Waals surface area contributed by atoms with E-state index >= 15 is 13.2 Å². The highest BCUT2D eigenvalue weighted by Crippen LogP contribution is 2.55. The van der Waals surface area contributed by atoms with Gasteiger partial charge < -0.3 is 29.7 Å². The van der Waals surface area contributed by atoms with E-state index in [1.165, 1.54) is 31.1 Å². The van der Waals surface area contributed by atoms with Gasteiger partial charge in [0.1, 0.15) is 40.7 Å². The van der Waals surface area contributed by atoms with Gasteiger partial charge in [-0.25, -0.2) is 22.6 Å². The normalized spacial score (nSPS) is 30.6. The summed E-state index contributed by atoms with van der Waals surface area (Å²) in [6.45, 7) is 5.83. The zero-order chi connectivity index (χ0) is 45.5. The molecule has 4 fully saturated rings. The molecule has 2 aromatic rings. The number of alkyl halides is 4. The van der Waals surface area contributed by atoms with Crippen LogP contribution < -0.4 is 24.8 Å². The molecule has 0 bridgehead atoms. The number of pyridine rings is 1. The third-order valence-corrected chi connectivity index (χ3v) is 15.4. The number of alkyl carbamates (subject to hydrolysis) is 1. The number of carbonyl (C=O) groups is 4. The van der Waals surface area contributed by atoms with E-state index in [2.05, 4.69) is 20.3 Å². The van der Waals surface area contributed by atoms with E-state index in [1.54, 1.807) is 37.8 Å². The summed E-state index contributed by atoms with van der Waals surface area (Å²) in [6.07, 6.45) is -0.826. The average molecular weight is 907 g/mol. The van der Waals surface area contributed by atoms with Crippen LogP contribution in [0.5, 0.6) is 11.5 Å². The van der Waals surface area contributed by atoms with Gasteiger partial charge in [-0.2, -0.15) is 13.2 Å². The summed E-state index contributed by atoms with van der Waals surface area (Å²) in [4.78, 5) is 64.0. The van der Waals surface area contributed by atoms with E-state index in [0.717, 1.165) is 0 Å². The van der Waals surface area contributed by atoms with Crippen LogP contribution in [0.3, 0.4) is 0 Å². The van der Waals surface area contributed by atoms with Crippen molar-refractivity contribution in [1.29, 1.82) is 0 Å². The maximum absolute atomic E-state index is 15.1. The van der Waals surface area contributed by atoms with Crippen molar-refractivity contribution in [3.63, 3.8) is 0 Å². The predicted octanol–water partition coefficient (Wildman–Crippen LogP) is 5.37. The maximum Gasteiger partial charge on any atom is 0.437 e. The van der Waals surface area contributed by atoms with Gasteiger partial charge in [0.2, 0.25) is 21.8 Å². The first-order chi connectivity index (χ1) is 29.5. The Labute approximate surface area is 363 Å². The lowest BCUT2D eigenvalue weighted by molar-refractivity contribution is -0.145. The summed E-state index contributed by atoms with van der Waals surface area (Å²) in [5.74, 6) is -3.45. The highest BCUT2D eigenvalue weighted by Gasteiger charge is 2.64. The van der Waals surface area contributed by atoms with E-state index in [9.17, 15) is 32.0 Å². The number of aromatic nitrogens is 1. The van der Waals surface area contributed by atoms with Gasteiger partial charge >= 0.3 is 12.3 Å². The Hall–Kier alpha value is -4.72. The molecule has 2 saturated carbocycles. The molecule has 2 aliphatic carbocycles. The summed E-state index contributed by atoms with van der Waals surface area (Å²) in [6, 6.07) is 0.768. The van der Waals surface area contributed by atoms with Crippen LogP contribution in [0.4, 0.5) is 22.4 Å². The van der Waals surface area contributed by atoms with E-state index in [0.29, 0.717) is 49.7 Å². The van der Waals surface area contributed by atoms with Gasteiger partial charge in [-0.1, -0.05) is 25.0 Å². The van der Waals surface area contributed by atoms with E-state index in [1.807, 2.05) is 6.08 Å². The summed E-state index contributed by atoms with van der Waals surface area (Å²) in [7, 11) is -2.73. The molecule has 63 heavy (non-hydrogen) atoms. The third-order valence-electron chi connectivity index (χ3n) is 13.3. The molecule has 4 aliphatic heterocycles. The van der Waals surface area contributed by atoms with Crippen LogP contribution in [0.1, 0.15) is 109 Å². The lowest BCUT2D eigenvalue weighted by Gasteiger charge is -2.48. The number of nitrogens with one attached hydrogen (secondary N) is 3. The van der Waals surface area contributed by atoms with E-state index in [4.69, 9.17) is 14.2 Å². The Kier molecular flexibility index (Phi) is 11.2. The van der Waals surface area contributed by atoms with Crippen LogP contribution in [0.2, 0.25) is 0 Å². The summed E-state index contributed by atoms with van der Waals surface area (Å²) in [5, 5.41) is 5.74. The standard InChI is InChI=1S/C43H54F4N6O9S/c1-39(2,3)62-38(57)49-29-12-10-8-6-7-9-11-24-18-42(24,37(56)51-63(58,59)40(4)15-16-40)50-35(54)31-20-41(23-53(31)36(29)55)19-30(52-21-25(44)22-52)32-27-17-26(60-5)13-14-28(27)48-34(33(32)61-41)43(45,46)47/h9,11,13-14,17,24-25,29-31H,6-8,10,12,15-16,18-23H2,1-5H3,(H,49,57)(H,50,54)(H,51,56)/b11-9-/t24-,29+,30+,31+,41-,42-/m1/s1. The number of benzene rings is 1. The molecule has 0 unspecified atom stereocenters. The van der Waals surface area contributed by atoms with Crippen molar-refractivity contribution < 1.29 is 59.4 Å². The van der Waals surface area contributed by atoms with Crippen molar-refractivity contribution >= 4 is 44.7 Å². The van der Waals surface area contributed by atoms with Gasteiger partial charge in [0.25, 0.3) is 5.91 Å². The van der Waals surface area contributed by atoms with Crippen LogP contribution in [0.15, 0.2) is 30.4 Å². The Morgan fingerprint density at radius 1 is 1.03 bits per heavy atom. The molecule has 1 aromatic heterocycles. The number of amides is 4. The number of hydrogen-bond donors (Lipinski definition) is 3. The minimum absolute atomic E-state index is 0.00255. The molecule has 0 radical (unpaired) electrons. The SMILES string of the molecule is COc1ccc2nc(C(F)(F)F)c3c(c2c1)[C@@H](N1CC(F)C1)C[C@]1(C[C@H]2C(=O)N[C@]4(C(=O)NS(=O)(=O)C5(C)CC5)C[C@H]4/C=C\CCCCC[C@H](NC(=O)OC(C)(C)C)C(=O)N2C1)O3. The summed E-state index contributed by atoms with van der Waals surface area (Å²) >= 11 is 0. The monoisotopic (exact) mass is 906 g/mol. The van der Waals surface area contributed by atoms with Crippen molar-refractivity contribution in [2.24, 2.45) is 5.92 Å².